The van der Waals surface area contributed by atoms with E-state index in [2.05, 4.69) is 31.0 Å². The van der Waals surface area contributed by atoms with Crippen molar-refractivity contribution >= 4 is 19.3 Å². The lowest BCUT2D eigenvalue weighted by Crippen LogP contribution is -2.03. The zero-order valence-corrected chi connectivity index (χ0v) is 10.6. The Balaban J connectivity index is 0.00000144. The van der Waals surface area contributed by atoms with E-state index in [0.717, 1.165) is 11.2 Å². The summed E-state index contributed by atoms with van der Waals surface area (Å²) in [7, 11) is 0. The molecule has 2 aromatic rings. The van der Waals surface area contributed by atoms with Crippen LogP contribution in [0.2, 0.25) is 0 Å². The van der Waals surface area contributed by atoms with Crippen LogP contribution < -0.4 is 0 Å². The van der Waals surface area contributed by atoms with E-state index in [1.165, 1.54) is 10.9 Å². The van der Waals surface area contributed by atoms with E-state index in [1.807, 2.05) is 25.1 Å². The van der Waals surface area contributed by atoms with Gasteiger partial charge in [0.1, 0.15) is 0 Å². The summed E-state index contributed by atoms with van der Waals surface area (Å²) >= 11 is 0. The minimum absolute atomic E-state index is 0. The summed E-state index contributed by atoms with van der Waals surface area (Å²) < 4.78 is 5.66. The summed E-state index contributed by atoms with van der Waals surface area (Å²) in [5.74, 6) is 0. The van der Waals surface area contributed by atoms with Crippen molar-refractivity contribution in [2.45, 2.75) is 33.5 Å². The Bertz CT molecular complexity index is 497. The summed E-state index contributed by atoms with van der Waals surface area (Å²) in [5.41, 5.74) is 3.31. The Labute approximate surface area is 105 Å². The lowest BCUT2D eigenvalue weighted by Gasteiger charge is -2.10. The smallest absolute Gasteiger partial charge is 0.0727 e. The molecule has 0 spiro atoms. The average molecular weight is 226 g/mol. The van der Waals surface area contributed by atoms with Crippen molar-refractivity contribution in [2.24, 2.45) is 0 Å². The lowest BCUT2D eigenvalue weighted by molar-refractivity contribution is 0.0663. The molecular formula is C14H17BNO. The largest absolute Gasteiger partial charge is 0.374 e. The monoisotopic (exact) mass is 226 g/mol. The van der Waals surface area contributed by atoms with Crippen molar-refractivity contribution in [1.82, 2.24) is 4.98 Å². The molecule has 87 valence electrons. The fourth-order valence-electron chi connectivity index (χ4n) is 1.77. The van der Waals surface area contributed by atoms with Gasteiger partial charge in [0.15, 0.2) is 0 Å². The first-order chi connectivity index (χ1) is 7.66. The molecule has 0 aliphatic carbocycles. The van der Waals surface area contributed by atoms with Crippen molar-refractivity contribution in [3.05, 3.63) is 41.6 Å². The number of pyridine rings is 1. The average Bonchev–Trinajstić information content (AvgIpc) is 2.25. The third kappa shape index (κ3) is 3.30. The van der Waals surface area contributed by atoms with Gasteiger partial charge in [0.05, 0.1) is 18.2 Å². The number of hydrogen-bond donors (Lipinski definition) is 0. The van der Waals surface area contributed by atoms with Crippen LogP contribution >= 0.6 is 0 Å². The van der Waals surface area contributed by atoms with Crippen LogP contribution in [0.3, 0.4) is 0 Å². The van der Waals surface area contributed by atoms with Gasteiger partial charge >= 0.3 is 0 Å². The van der Waals surface area contributed by atoms with Crippen molar-refractivity contribution in [3.63, 3.8) is 0 Å². The summed E-state index contributed by atoms with van der Waals surface area (Å²) in [6.45, 7) is 6.78. The van der Waals surface area contributed by atoms with Gasteiger partial charge in [-0.25, -0.2) is 0 Å². The molecule has 3 heteroatoms. The van der Waals surface area contributed by atoms with Crippen LogP contribution in [0, 0.1) is 6.92 Å². The van der Waals surface area contributed by atoms with Gasteiger partial charge in [0.2, 0.25) is 0 Å². The fourth-order valence-corrected chi connectivity index (χ4v) is 1.77. The molecule has 0 bridgehead atoms. The Morgan fingerprint density at radius 2 is 1.94 bits per heavy atom. The van der Waals surface area contributed by atoms with Crippen LogP contribution in [-0.2, 0) is 11.3 Å². The number of aryl methyl sites for hydroxylation is 1. The summed E-state index contributed by atoms with van der Waals surface area (Å²) in [4.78, 5) is 4.51. The molecule has 0 amide bonds. The maximum atomic E-state index is 5.66. The van der Waals surface area contributed by atoms with Crippen LogP contribution in [0.1, 0.15) is 25.1 Å². The number of nitrogens with zero attached hydrogens (tertiary/aromatic N) is 1. The first kappa shape index (κ1) is 13.7. The molecule has 0 fully saturated rings. The first-order valence-corrected chi connectivity index (χ1v) is 5.63. The van der Waals surface area contributed by atoms with Gasteiger partial charge in [-0.2, -0.15) is 0 Å². The van der Waals surface area contributed by atoms with Crippen LogP contribution in [0.5, 0.6) is 0 Å². The topological polar surface area (TPSA) is 22.1 Å². The zero-order valence-electron chi connectivity index (χ0n) is 10.6. The van der Waals surface area contributed by atoms with Crippen LogP contribution in [0.25, 0.3) is 10.9 Å². The molecule has 3 radical (unpaired) electrons. The van der Waals surface area contributed by atoms with Gasteiger partial charge in [-0.05, 0) is 38.5 Å². The van der Waals surface area contributed by atoms with E-state index in [9.17, 15) is 0 Å². The second-order valence-corrected chi connectivity index (χ2v) is 4.30. The Hall–Kier alpha value is -1.35. The standard InChI is InChI=1S/C14H17NO.B/c1-10(2)16-9-12-8-11(3)15-14-7-5-4-6-13(12)14;/h4-8,10H,9H2,1-3H3;. The van der Waals surface area contributed by atoms with E-state index in [-0.39, 0.29) is 14.5 Å². The summed E-state index contributed by atoms with van der Waals surface area (Å²) in [6, 6.07) is 10.3. The number of fused-ring (bicyclic) bond motifs is 1. The maximum absolute atomic E-state index is 5.66. The lowest BCUT2D eigenvalue weighted by atomic mass is 10.1. The van der Waals surface area contributed by atoms with Gasteiger partial charge in [-0.15, -0.1) is 0 Å². The van der Waals surface area contributed by atoms with E-state index >= 15 is 0 Å². The second-order valence-electron chi connectivity index (χ2n) is 4.30. The molecule has 0 unspecified atom stereocenters. The number of benzene rings is 1. The highest BCUT2D eigenvalue weighted by Gasteiger charge is 2.04. The molecule has 2 nitrogen and oxygen atoms in total. The third-order valence-corrected chi connectivity index (χ3v) is 2.50. The zero-order chi connectivity index (χ0) is 11.5. The predicted octanol–water partition coefficient (Wildman–Crippen LogP) is 3.09. The maximum Gasteiger partial charge on any atom is 0.0727 e. The SMILES string of the molecule is Cc1cc(COC(C)C)c2ccccc2n1.[B]. The molecule has 0 saturated heterocycles. The summed E-state index contributed by atoms with van der Waals surface area (Å²) in [5, 5.41) is 1.19. The molecule has 0 atom stereocenters. The molecule has 0 aliphatic rings. The second kappa shape index (κ2) is 5.83. The minimum Gasteiger partial charge on any atom is -0.374 e. The molecule has 17 heavy (non-hydrogen) atoms. The first-order valence-electron chi connectivity index (χ1n) is 5.63. The van der Waals surface area contributed by atoms with E-state index in [1.54, 1.807) is 0 Å². The van der Waals surface area contributed by atoms with Crippen LogP contribution in [-0.4, -0.2) is 19.5 Å². The molecule has 1 aromatic carbocycles. The van der Waals surface area contributed by atoms with Crippen molar-refractivity contribution in [1.29, 1.82) is 0 Å². The highest BCUT2D eigenvalue weighted by molar-refractivity contribution is 5.82. The number of ether oxygens (including phenoxy) is 1. The Morgan fingerprint density at radius 1 is 1.24 bits per heavy atom. The van der Waals surface area contributed by atoms with Gasteiger partial charge in [-0.1, -0.05) is 18.2 Å². The van der Waals surface area contributed by atoms with E-state index < -0.39 is 0 Å². The van der Waals surface area contributed by atoms with Gasteiger partial charge in [-0.3, -0.25) is 4.98 Å². The molecule has 0 aliphatic heterocycles. The Morgan fingerprint density at radius 3 is 2.65 bits per heavy atom. The minimum atomic E-state index is 0. The van der Waals surface area contributed by atoms with Crippen molar-refractivity contribution in [3.8, 4) is 0 Å². The molecule has 0 N–H and O–H groups in total. The number of para-hydroxylation sites is 1. The molecule has 1 aromatic heterocycles. The van der Waals surface area contributed by atoms with Gasteiger partial charge in [0.25, 0.3) is 0 Å². The molecule has 2 rings (SSSR count). The number of rotatable bonds is 3. The quantitative estimate of drug-likeness (QED) is 0.750. The Kier molecular flexibility index (Phi) is 4.70. The number of aromatic nitrogens is 1. The van der Waals surface area contributed by atoms with Crippen LogP contribution in [0.15, 0.2) is 30.3 Å². The van der Waals surface area contributed by atoms with E-state index in [4.69, 9.17) is 4.74 Å². The summed E-state index contributed by atoms with van der Waals surface area (Å²) in [6.07, 6.45) is 0.257. The molecule has 0 saturated carbocycles. The molecular weight excluding hydrogens is 209 g/mol. The van der Waals surface area contributed by atoms with Gasteiger partial charge < -0.3 is 4.74 Å². The van der Waals surface area contributed by atoms with Crippen molar-refractivity contribution < 1.29 is 4.74 Å². The van der Waals surface area contributed by atoms with E-state index in [0.29, 0.717) is 6.61 Å². The predicted molar refractivity (Wildman–Crippen MR) is 72.2 cm³/mol. The number of hydrogen-bond acceptors (Lipinski definition) is 2. The fraction of sp³-hybridized carbons (Fsp3) is 0.357. The highest BCUT2D eigenvalue weighted by atomic mass is 16.5. The molecule has 1 heterocycles. The highest BCUT2D eigenvalue weighted by Crippen LogP contribution is 2.19. The third-order valence-electron chi connectivity index (χ3n) is 2.50. The van der Waals surface area contributed by atoms with Gasteiger partial charge in [0, 0.05) is 19.5 Å². The van der Waals surface area contributed by atoms with Crippen molar-refractivity contribution in [2.75, 3.05) is 0 Å². The van der Waals surface area contributed by atoms with Crippen LogP contribution in [0.4, 0.5) is 0 Å². The normalized spacial score (nSPS) is 10.6.